The van der Waals surface area contributed by atoms with E-state index in [0.717, 1.165) is 27.9 Å². The Hall–Kier alpha value is -4.00. The van der Waals surface area contributed by atoms with E-state index in [4.69, 9.17) is 19.3 Å². The van der Waals surface area contributed by atoms with Gasteiger partial charge in [0.15, 0.2) is 6.61 Å². The van der Waals surface area contributed by atoms with Crippen LogP contribution >= 0.6 is 0 Å². The number of hydrogen-bond acceptors (Lipinski definition) is 5. The minimum absolute atomic E-state index is 0.0691. The molecule has 0 aromatic heterocycles. The monoisotopic (exact) mass is 475 g/mol. The third-order valence-corrected chi connectivity index (χ3v) is 6.17. The van der Waals surface area contributed by atoms with Crippen LogP contribution in [0.5, 0.6) is 17.2 Å². The van der Waals surface area contributed by atoms with E-state index in [9.17, 15) is 9.59 Å². The molecule has 0 bridgehead atoms. The lowest BCUT2D eigenvalue weighted by molar-refractivity contribution is -0.139. The molecular weight excluding hydrogens is 446 g/mol. The van der Waals surface area contributed by atoms with Gasteiger partial charge in [0.2, 0.25) is 5.91 Å². The smallest absolute Gasteiger partial charge is 0.341 e. The van der Waals surface area contributed by atoms with Gasteiger partial charge in [-0.25, -0.2) is 4.79 Å². The standard InChI is InChI=1S/C28H29NO6/c1-18-7-5-9-20(26(18)35-17-25(30)31)16-34-21-10-6-8-19(13-21)15-33-22-11-12-23-24(14-22)29(4)27(32)28(23,2)3/h5-14H,15-17H2,1-4H3,(H,30,31). The van der Waals surface area contributed by atoms with Gasteiger partial charge in [0.05, 0.1) is 11.1 Å². The lowest BCUT2D eigenvalue weighted by Crippen LogP contribution is -2.33. The summed E-state index contributed by atoms with van der Waals surface area (Å²) in [5.74, 6) is 0.917. The van der Waals surface area contributed by atoms with Crippen molar-refractivity contribution >= 4 is 17.6 Å². The average molecular weight is 476 g/mol. The minimum atomic E-state index is -1.03. The van der Waals surface area contributed by atoms with Crippen molar-refractivity contribution < 1.29 is 28.9 Å². The second-order valence-electron chi connectivity index (χ2n) is 9.14. The molecular formula is C28H29NO6. The van der Waals surface area contributed by atoms with Crippen LogP contribution in [0.25, 0.3) is 0 Å². The molecule has 0 spiro atoms. The Bertz CT molecular complexity index is 1270. The highest BCUT2D eigenvalue weighted by Crippen LogP contribution is 2.42. The number of aryl methyl sites for hydroxylation is 1. The van der Waals surface area contributed by atoms with Crippen molar-refractivity contribution in [3.63, 3.8) is 0 Å². The molecule has 7 heteroatoms. The van der Waals surface area contributed by atoms with Gasteiger partial charge >= 0.3 is 5.97 Å². The molecule has 0 radical (unpaired) electrons. The van der Waals surface area contributed by atoms with E-state index in [-0.39, 0.29) is 12.5 Å². The van der Waals surface area contributed by atoms with Crippen molar-refractivity contribution in [1.82, 2.24) is 0 Å². The lowest BCUT2D eigenvalue weighted by atomic mass is 9.86. The molecule has 35 heavy (non-hydrogen) atoms. The molecule has 182 valence electrons. The van der Waals surface area contributed by atoms with E-state index >= 15 is 0 Å². The molecule has 3 aromatic carbocycles. The van der Waals surface area contributed by atoms with Crippen molar-refractivity contribution in [2.75, 3.05) is 18.6 Å². The summed E-state index contributed by atoms with van der Waals surface area (Å²) in [6.45, 7) is 5.90. The van der Waals surface area contributed by atoms with E-state index in [0.29, 0.717) is 23.9 Å². The van der Waals surface area contributed by atoms with Gasteiger partial charge in [0.1, 0.15) is 30.5 Å². The van der Waals surface area contributed by atoms with E-state index in [2.05, 4.69) is 0 Å². The summed E-state index contributed by atoms with van der Waals surface area (Å²) in [4.78, 5) is 25.1. The van der Waals surface area contributed by atoms with E-state index < -0.39 is 18.0 Å². The molecule has 1 heterocycles. The summed E-state index contributed by atoms with van der Waals surface area (Å²) >= 11 is 0. The van der Waals surface area contributed by atoms with Crippen molar-refractivity contribution in [3.8, 4) is 17.2 Å². The van der Waals surface area contributed by atoms with Crippen LogP contribution < -0.4 is 19.1 Å². The van der Waals surface area contributed by atoms with Gasteiger partial charge in [-0.2, -0.15) is 0 Å². The predicted molar refractivity (Wildman–Crippen MR) is 132 cm³/mol. The molecule has 1 aliphatic rings. The Morgan fingerprint density at radius 2 is 1.66 bits per heavy atom. The van der Waals surface area contributed by atoms with Crippen molar-refractivity contribution in [2.45, 2.75) is 39.4 Å². The number of carbonyl (C=O) groups excluding carboxylic acids is 1. The number of anilines is 1. The van der Waals surface area contributed by atoms with Crippen molar-refractivity contribution in [2.24, 2.45) is 0 Å². The largest absolute Gasteiger partial charge is 0.489 e. The Balaban J connectivity index is 1.41. The molecule has 7 nitrogen and oxygen atoms in total. The molecule has 1 N–H and O–H groups in total. The van der Waals surface area contributed by atoms with Gasteiger partial charge < -0.3 is 24.2 Å². The maximum atomic E-state index is 12.5. The van der Waals surface area contributed by atoms with Gasteiger partial charge in [-0.15, -0.1) is 0 Å². The zero-order valence-corrected chi connectivity index (χ0v) is 20.3. The molecule has 0 unspecified atom stereocenters. The van der Waals surface area contributed by atoms with E-state index in [1.165, 1.54) is 0 Å². The fourth-order valence-electron chi connectivity index (χ4n) is 4.27. The third-order valence-electron chi connectivity index (χ3n) is 6.17. The Kier molecular flexibility index (Phi) is 6.69. The van der Waals surface area contributed by atoms with Crippen LogP contribution in [-0.4, -0.2) is 30.6 Å². The van der Waals surface area contributed by atoms with Crippen molar-refractivity contribution in [3.05, 3.63) is 82.9 Å². The first-order valence-electron chi connectivity index (χ1n) is 11.4. The molecule has 0 atom stereocenters. The lowest BCUT2D eigenvalue weighted by Gasteiger charge is -2.16. The summed E-state index contributed by atoms with van der Waals surface area (Å²) in [5.41, 5.74) is 3.88. The van der Waals surface area contributed by atoms with Crippen molar-refractivity contribution in [1.29, 1.82) is 0 Å². The number of benzene rings is 3. The number of carboxylic acids is 1. The number of carbonyl (C=O) groups is 2. The molecule has 1 aliphatic heterocycles. The van der Waals surface area contributed by atoms with E-state index in [1.54, 1.807) is 11.9 Å². The van der Waals surface area contributed by atoms with Crippen LogP contribution in [0.4, 0.5) is 5.69 Å². The Morgan fingerprint density at radius 1 is 0.943 bits per heavy atom. The number of rotatable bonds is 9. The molecule has 4 rings (SSSR count). The van der Waals surface area contributed by atoms with Gasteiger partial charge in [0, 0.05) is 18.7 Å². The summed E-state index contributed by atoms with van der Waals surface area (Å²) in [5, 5.41) is 8.94. The summed E-state index contributed by atoms with van der Waals surface area (Å²) in [6, 6.07) is 19.0. The number of fused-ring (bicyclic) bond motifs is 1. The predicted octanol–water partition coefficient (Wildman–Crippen LogP) is 4.87. The van der Waals surface area contributed by atoms with Crippen LogP contribution in [0.15, 0.2) is 60.7 Å². The van der Waals surface area contributed by atoms with Gasteiger partial charge in [-0.3, -0.25) is 4.79 Å². The second-order valence-corrected chi connectivity index (χ2v) is 9.14. The Labute approximate surface area is 204 Å². The minimum Gasteiger partial charge on any atom is -0.489 e. The molecule has 1 amide bonds. The molecule has 0 fully saturated rings. The zero-order chi connectivity index (χ0) is 25.2. The molecule has 0 saturated heterocycles. The number of para-hydroxylation sites is 1. The van der Waals surface area contributed by atoms with E-state index in [1.807, 2.05) is 81.4 Å². The number of amides is 1. The third kappa shape index (κ3) is 5.09. The second kappa shape index (κ2) is 9.70. The average Bonchev–Trinajstić information content (AvgIpc) is 3.00. The number of hydrogen-bond donors (Lipinski definition) is 1. The van der Waals surface area contributed by atoms with Gasteiger partial charge in [0.25, 0.3) is 0 Å². The number of nitrogens with zero attached hydrogens (tertiary/aromatic N) is 1. The van der Waals surface area contributed by atoms with Crippen LogP contribution in [0, 0.1) is 6.92 Å². The first kappa shape index (κ1) is 24.1. The van der Waals surface area contributed by atoms with Crippen LogP contribution in [0.3, 0.4) is 0 Å². The fraction of sp³-hybridized carbons (Fsp3) is 0.286. The number of ether oxygens (including phenoxy) is 3. The normalized spacial score (nSPS) is 13.9. The first-order chi connectivity index (χ1) is 16.7. The van der Waals surface area contributed by atoms with Crippen LogP contribution in [-0.2, 0) is 28.2 Å². The van der Waals surface area contributed by atoms with Crippen LogP contribution in [0.1, 0.15) is 36.1 Å². The van der Waals surface area contributed by atoms with Crippen LogP contribution in [0.2, 0.25) is 0 Å². The quantitative estimate of drug-likeness (QED) is 0.475. The number of aliphatic carboxylic acids is 1. The highest BCUT2D eigenvalue weighted by Gasteiger charge is 2.42. The molecule has 3 aromatic rings. The molecule has 0 saturated carbocycles. The maximum absolute atomic E-state index is 12.5. The SMILES string of the molecule is Cc1cccc(COc2cccc(COc3ccc4c(c3)N(C)C(=O)C4(C)C)c2)c1OCC(=O)O. The fourth-order valence-corrected chi connectivity index (χ4v) is 4.27. The Morgan fingerprint density at radius 3 is 2.43 bits per heavy atom. The highest BCUT2D eigenvalue weighted by atomic mass is 16.5. The summed E-state index contributed by atoms with van der Waals surface area (Å²) in [7, 11) is 1.78. The number of likely N-dealkylation sites (N-methyl/N-ethyl adjacent to an activating group) is 1. The summed E-state index contributed by atoms with van der Waals surface area (Å²) < 4.78 is 17.4. The zero-order valence-electron chi connectivity index (χ0n) is 20.3. The topological polar surface area (TPSA) is 85.3 Å². The highest BCUT2D eigenvalue weighted by molar-refractivity contribution is 6.07. The first-order valence-corrected chi connectivity index (χ1v) is 11.4. The van der Waals surface area contributed by atoms with Gasteiger partial charge in [-0.05, 0) is 55.7 Å². The summed E-state index contributed by atoms with van der Waals surface area (Å²) in [6.07, 6.45) is 0. The van der Waals surface area contributed by atoms with Gasteiger partial charge in [-0.1, -0.05) is 36.4 Å². The maximum Gasteiger partial charge on any atom is 0.341 e. The number of carboxylic acid groups (broad SMARTS) is 1. The molecule has 0 aliphatic carbocycles.